The number of fused-ring (bicyclic) bond motifs is 2. The number of amides is 1. The molecule has 0 radical (unpaired) electrons. The maximum atomic E-state index is 13.2. The molecule has 1 N–H and O–H groups in total. The fraction of sp³-hybridized carbons (Fsp3) is 0.125. The van der Waals surface area contributed by atoms with E-state index in [2.05, 4.69) is 15.3 Å². The number of furan rings is 1. The first kappa shape index (κ1) is 21.2. The molecule has 0 saturated heterocycles. The zero-order chi connectivity index (χ0) is 23.1. The highest BCUT2D eigenvalue weighted by molar-refractivity contribution is 8.00. The highest BCUT2D eigenvalue weighted by Crippen LogP contribution is 2.37. The van der Waals surface area contributed by atoms with E-state index in [0.717, 1.165) is 38.0 Å². The van der Waals surface area contributed by atoms with Crippen LogP contribution in [0.4, 0.5) is 5.13 Å². The molecule has 6 rings (SSSR count). The van der Waals surface area contributed by atoms with Crippen LogP contribution in [0.15, 0.2) is 62.0 Å². The maximum Gasteiger partial charge on any atom is 0.293 e. The van der Waals surface area contributed by atoms with E-state index in [9.17, 15) is 4.79 Å². The van der Waals surface area contributed by atoms with Gasteiger partial charge in [-0.1, -0.05) is 30.0 Å². The average Bonchev–Trinajstić information content (AvgIpc) is 3.63. The molecule has 34 heavy (non-hydrogen) atoms. The van der Waals surface area contributed by atoms with Gasteiger partial charge in [0, 0.05) is 38.7 Å². The second-order valence-electron chi connectivity index (χ2n) is 7.51. The molecule has 4 heterocycles. The first-order chi connectivity index (χ1) is 16.6. The zero-order valence-corrected chi connectivity index (χ0v) is 20.3. The fourth-order valence-corrected chi connectivity index (χ4v) is 6.22. The number of carbonyl (C=O) groups excluding carboxylic acids is 1. The van der Waals surface area contributed by atoms with Crippen molar-refractivity contribution in [2.24, 2.45) is 0 Å². The third-order valence-electron chi connectivity index (χ3n) is 5.24. The molecule has 10 heteroatoms. The average molecular weight is 508 g/mol. The van der Waals surface area contributed by atoms with Crippen molar-refractivity contribution in [2.45, 2.75) is 17.0 Å². The van der Waals surface area contributed by atoms with Gasteiger partial charge in [0.2, 0.25) is 6.79 Å². The number of ether oxygens (including phenoxy) is 2. The Bertz CT molecular complexity index is 1520. The smallest absolute Gasteiger partial charge is 0.293 e. The van der Waals surface area contributed by atoms with Crippen LogP contribution < -0.4 is 14.8 Å². The number of aromatic nitrogens is 2. The van der Waals surface area contributed by atoms with E-state index in [-0.39, 0.29) is 12.7 Å². The molecular weight excluding hydrogens is 490 g/mol. The van der Waals surface area contributed by atoms with Crippen LogP contribution in [-0.4, -0.2) is 22.7 Å². The van der Waals surface area contributed by atoms with Crippen LogP contribution in [0.3, 0.4) is 0 Å². The van der Waals surface area contributed by atoms with Gasteiger partial charge < -0.3 is 13.9 Å². The summed E-state index contributed by atoms with van der Waals surface area (Å²) in [6.45, 7) is 2.19. The summed E-state index contributed by atoms with van der Waals surface area (Å²) in [5.74, 6) is 1.95. The Kier molecular flexibility index (Phi) is 5.48. The number of nitrogens with one attached hydrogen (secondary N) is 1. The molecule has 170 valence electrons. The summed E-state index contributed by atoms with van der Waals surface area (Å²) >= 11 is 4.55. The van der Waals surface area contributed by atoms with Crippen molar-refractivity contribution in [2.75, 3.05) is 12.1 Å². The number of nitrogens with zero attached hydrogens (tertiary/aromatic N) is 2. The molecule has 7 nitrogen and oxygen atoms in total. The van der Waals surface area contributed by atoms with Gasteiger partial charge in [0.05, 0.1) is 5.69 Å². The minimum Gasteiger partial charge on any atom is -0.454 e. The summed E-state index contributed by atoms with van der Waals surface area (Å²) in [7, 11) is 0. The fourth-order valence-electron chi connectivity index (χ4n) is 3.63. The summed E-state index contributed by atoms with van der Waals surface area (Å²) in [6, 6.07) is 13.3. The van der Waals surface area contributed by atoms with Crippen LogP contribution in [0, 0.1) is 6.92 Å². The third kappa shape index (κ3) is 4.04. The van der Waals surface area contributed by atoms with Crippen LogP contribution in [-0.2, 0) is 5.75 Å². The Morgan fingerprint density at radius 1 is 1.09 bits per heavy atom. The normalized spacial score (nSPS) is 12.4. The highest BCUT2D eigenvalue weighted by Gasteiger charge is 2.22. The van der Waals surface area contributed by atoms with Crippen LogP contribution in [0.25, 0.3) is 22.2 Å². The highest BCUT2D eigenvalue weighted by atomic mass is 32.2. The standard InChI is InChI=1S/C24H17N3O4S3/c1-13-9-33-24(25-13)34-10-16-15-4-2-3-5-18(15)31-21(16)22(28)27-23-26-17(11-32-23)14-6-7-19-20(8-14)30-12-29-19/h2-9,11H,10,12H2,1H3,(H,26,27,28). The molecule has 2 aromatic carbocycles. The van der Waals surface area contributed by atoms with E-state index in [1.165, 1.54) is 11.3 Å². The summed E-state index contributed by atoms with van der Waals surface area (Å²) in [6.07, 6.45) is 0. The molecule has 1 amide bonds. The predicted octanol–water partition coefficient (Wildman–Crippen LogP) is 6.59. The summed E-state index contributed by atoms with van der Waals surface area (Å²) in [4.78, 5) is 22.3. The lowest BCUT2D eigenvalue weighted by atomic mass is 10.1. The van der Waals surface area contributed by atoms with E-state index >= 15 is 0 Å². The minimum absolute atomic E-state index is 0.220. The zero-order valence-electron chi connectivity index (χ0n) is 17.9. The molecule has 5 aromatic rings. The van der Waals surface area contributed by atoms with Crippen molar-refractivity contribution in [3.63, 3.8) is 0 Å². The molecule has 0 saturated carbocycles. The number of hydrogen-bond donors (Lipinski definition) is 1. The first-order valence-corrected chi connectivity index (χ1v) is 13.1. The van der Waals surface area contributed by atoms with Gasteiger partial charge in [-0.05, 0) is 31.2 Å². The van der Waals surface area contributed by atoms with Crippen LogP contribution in [0.5, 0.6) is 11.5 Å². The number of thioether (sulfide) groups is 1. The molecule has 0 aliphatic carbocycles. The van der Waals surface area contributed by atoms with E-state index < -0.39 is 0 Å². The van der Waals surface area contributed by atoms with Gasteiger partial charge in [-0.3, -0.25) is 10.1 Å². The van der Waals surface area contributed by atoms with E-state index in [0.29, 0.717) is 28.0 Å². The van der Waals surface area contributed by atoms with Gasteiger partial charge in [0.1, 0.15) is 9.92 Å². The Balaban J connectivity index is 1.25. The van der Waals surface area contributed by atoms with Gasteiger partial charge >= 0.3 is 0 Å². The summed E-state index contributed by atoms with van der Waals surface area (Å²) < 4.78 is 17.8. The van der Waals surface area contributed by atoms with Crippen LogP contribution >= 0.6 is 34.4 Å². The van der Waals surface area contributed by atoms with Crippen molar-refractivity contribution >= 4 is 56.4 Å². The van der Waals surface area contributed by atoms with Gasteiger partial charge in [-0.2, -0.15) is 0 Å². The van der Waals surface area contributed by atoms with Gasteiger partial charge in [-0.25, -0.2) is 9.97 Å². The number of carbonyl (C=O) groups is 1. The second-order valence-corrected chi connectivity index (χ2v) is 10.4. The van der Waals surface area contributed by atoms with Crippen molar-refractivity contribution in [1.82, 2.24) is 9.97 Å². The first-order valence-electron chi connectivity index (χ1n) is 10.4. The molecule has 0 spiro atoms. The Hall–Kier alpha value is -3.34. The van der Waals surface area contributed by atoms with Gasteiger partial charge in [-0.15, -0.1) is 22.7 Å². The largest absolute Gasteiger partial charge is 0.454 e. The topological polar surface area (TPSA) is 86.5 Å². The van der Waals surface area contributed by atoms with Gasteiger partial charge in [0.15, 0.2) is 22.4 Å². The Morgan fingerprint density at radius 2 is 1.97 bits per heavy atom. The number of anilines is 1. The lowest BCUT2D eigenvalue weighted by molar-refractivity contribution is 0.0998. The van der Waals surface area contributed by atoms with E-state index in [1.807, 2.05) is 60.1 Å². The van der Waals surface area contributed by atoms with E-state index in [1.54, 1.807) is 23.1 Å². The number of para-hydroxylation sites is 1. The second kappa shape index (κ2) is 8.79. The lowest BCUT2D eigenvalue weighted by Gasteiger charge is -2.03. The molecule has 1 aliphatic heterocycles. The summed E-state index contributed by atoms with van der Waals surface area (Å²) in [5, 5.41) is 8.23. The molecule has 0 bridgehead atoms. The molecule has 0 fully saturated rings. The lowest BCUT2D eigenvalue weighted by Crippen LogP contribution is -2.12. The third-order valence-corrected chi connectivity index (χ3v) is 8.16. The number of aryl methyl sites for hydroxylation is 1. The SMILES string of the molecule is Cc1csc(SCc2c(C(=O)Nc3nc(-c4ccc5c(c4)OCO5)cs3)oc3ccccc23)n1. The van der Waals surface area contributed by atoms with Gasteiger partial charge in [0.25, 0.3) is 5.91 Å². The maximum absolute atomic E-state index is 13.2. The van der Waals surface area contributed by atoms with Crippen molar-refractivity contribution in [3.8, 4) is 22.8 Å². The molecule has 3 aromatic heterocycles. The Morgan fingerprint density at radius 3 is 2.85 bits per heavy atom. The van der Waals surface area contributed by atoms with Crippen molar-refractivity contribution in [1.29, 1.82) is 0 Å². The van der Waals surface area contributed by atoms with Crippen molar-refractivity contribution < 1.29 is 18.7 Å². The number of hydrogen-bond acceptors (Lipinski definition) is 9. The minimum atomic E-state index is -0.325. The quantitative estimate of drug-likeness (QED) is 0.259. The molecule has 1 aliphatic rings. The van der Waals surface area contributed by atoms with Crippen LogP contribution in [0.2, 0.25) is 0 Å². The van der Waals surface area contributed by atoms with E-state index in [4.69, 9.17) is 13.9 Å². The number of thiazole rings is 2. The molecule has 0 atom stereocenters. The molecule has 0 unspecified atom stereocenters. The Labute approximate surface area is 206 Å². The predicted molar refractivity (Wildman–Crippen MR) is 134 cm³/mol. The number of benzene rings is 2. The van der Waals surface area contributed by atoms with Crippen LogP contribution in [0.1, 0.15) is 21.8 Å². The number of rotatable bonds is 6. The van der Waals surface area contributed by atoms with Crippen molar-refractivity contribution in [3.05, 3.63) is 70.2 Å². The molecular formula is C24H17N3O4S3. The summed E-state index contributed by atoms with van der Waals surface area (Å²) in [5.41, 5.74) is 4.15. The monoisotopic (exact) mass is 507 g/mol.